The highest BCUT2D eigenvalue weighted by Gasteiger charge is 2.39. The van der Waals surface area contributed by atoms with Gasteiger partial charge >= 0.3 is 5.97 Å². The van der Waals surface area contributed by atoms with Crippen LogP contribution in [-0.4, -0.2) is 34.6 Å². The first-order valence-corrected chi connectivity index (χ1v) is 7.84. The van der Waals surface area contributed by atoms with Crippen molar-refractivity contribution in [1.82, 2.24) is 9.47 Å². The fraction of sp³-hybridized carbons (Fsp3) is 0.389. The molecule has 1 aromatic heterocycles. The molecule has 2 aromatic rings. The summed E-state index contributed by atoms with van der Waals surface area (Å²) in [5.74, 6) is 0.188. The van der Waals surface area contributed by atoms with Crippen LogP contribution in [0.3, 0.4) is 0 Å². The van der Waals surface area contributed by atoms with Crippen molar-refractivity contribution in [2.75, 3.05) is 13.1 Å². The predicted molar refractivity (Wildman–Crippen MR) is 85.6 cm³/mol. The molecule has 22 heavy (non-hydrogen) atoms. The van der Waals surface area contributed by atoms with Gasteiger partial charge in [0.1, 0.15) is 6.10 Å². The maximum atomic E-state index is 12.7. The van der Waals surface area contributed by atoms with E-state index in [0.717, 1.165) is 42.5 Å². The molecule has 3 aliphatic heterocycles. The van der Waals surface area contributed by atoms with Crippen molar-refractivity contribution >= 4 is 16.9 Å². The van der Waals surface area contributed by atoms with Crippen LogP contribution in [0, 0.1) is 5.92 Å². The van der Waals surface area contributed by atoms with Gasteiger partial charge in [0, 0.05) is 48.9 Å². The Hall–Kier alpha value is -2.23. The number of nitrogens with zero attached hydrogens (tertiary/aromatic N) is 2. The molecule has 4 nitrogen and oxygen atoms in total. The lowest BCUT2D eigenvalue weighted by Crippen LogP contribution is -2.49. The first-order chi connectivity index (χ1) is 10.6. The lowest BCUT2D eigenvalue weighted by atomic mass is 9.84. The van der Waals surface area contributed by atoms with Gasteiger partial charge in [0.05, 0.1) is 5.56 Å². The molecular formula is C18H20N2O2. The van der Waals surface area contributed by atoms with Gasteiger partial charge < -0.3 is 14.2 Å². The smallest absolute Gasteiger partial charge is 0.340 e. The zero-order valence-electron chi connectivity index (χ0n) is 12.8. The number of hydrogen-bond acceptors (Lipinski definition) is 3. The summed E-state index contributed by atoms with van der Waals surface area (Å²) in [6.45, 7) is 6.23. The van der Waals surface area contributed by atoms with Crippen LogP contribution in [-0.2, 0) is 11.8 Å². The molecule has 2 bridgehead atoms. The number of carbonyl (C=O) groups excluding carboxylic acids is 1. The maximum absolute atomic E-state index is 12.7. The van der Waals surface area contributed by atoms with Gasteiger partial charge in [-0.15, -0.1) is 0 Å². The standard InChI is InChI=1S/C18H20N2O2/c1-12-17(13-7-9-20(12)10-8-13)22-18(21)15-11-19(2)16-6-4-3-5-14(15)16/h3-6,11,13,17H,1,7-10H2,2H3. The molecule has 0 saturated carbocycles. The van der Waals surface area contributed by atoms with Crippen molar-refractivity contribution in [2.45, 2.75) is 18.9 Å². The highest BCUT2D eigenvalue weighted by molar-refractivity contribution is 6.04. The Kier molecular flexibility index (Phi) is 2.99. The zero-order valence-corrected chi connectivity index (χ0v) is 12.8. The Morgan fingerprint density at radius 1 is 1.27 bits per heavy atom. The summed E-state index contributed by atoms with van der Waals surface area (Å²) in [6.07, 6.45) is 3.88. The number of ether oxygens (including phenoxy) is 1. The fourth-order valence-electron chi connectivity index (χ4n) is 3.79. The number of rotatable bonds is 2. The summed E-state index contributed by atoms with van der Waals surface area (Å²) >= 11 is 0. The van der Waals surface area contributed by atoms with Crippen molar-refractivity contribution in [2.24, 2.45) is 13.0 Å². The molecule has 4 heteroatoms. The summed E-state index contributed by atoms with van der Waals surface area (Å²) in [6, 6.07) is 7.91. The number of benzene rings is 1. The molecule has 0 radical (unpaired) electrons. The van der Waals surface area contributed by atoms with Crippen LogP contribution in [0.2, 0.25) is 0 Å². The van der Waals surface area contributed by atoms with E-state index in [-0.39, 0.29) is 12.1 Å². The molecule has 0 spiro atoms. The second kappa shape index (κ2) is 4.90. The van der Waals surface area contributed by atoms with E-state index in [1.54, 1.807) is 0 Å². The molecule has 0 N–H and O–H groups in total. The first-order valence-electron chi connectivity index (χ1n) is 7.84. The van der Waals surface area contributed by atoms with Crippen molar-refractivity contribution < 1.29 is 9.53 Å². The lowest BCUT2D eigenvalue weighted by Gasteiger charge is -2.46. The monoisotopic (exact) mass is 296 g/mol. The third-order valence-electron chi connectivity index (χ3n) is 5.05. The molecule has 3 fully saturated rings. The van der Waals surface area contributed by atoms with Crippen molar-refractivity contribution in [3.8, 4) is 0 Å². The maximum Gasteiger partial charge on any atom is 0.340 e. The Labute approximate surface area is 130 Å². The number of carbonyl (C=O) groups is 1. The SMILES string of the molecule is C=C1C(OC(=O)c2cn(C)c3ccccc23)C2CCN1CC2. The summed E-state index contributed by atoms with van der Waals surface area (Å²) in [5.41, 5.74) is 2.65. The van der Waals surface area contributed by atoms with Gasteiger partial charge in [-0.05, 0) is 18.9 Å². The van der Waals surface area contributed by atoms with Crippen LogP contribution < -0.4 is 0 Å². The number of aromatic nitrogens is 1. The molecule has 4 heterocycles. The highest BCUT2D eigenvalue weighted by atomic mass is 16.5. The summed E-state index contributed by atoms with van der Waals surface area (Å²) in [7, 11) is 1.95. The van der Waals surface area contributed by atoms with Gasteiger partial charge in [-0.25, -0.2) is 4.79 Å². The number of hydrogen-bond donors (Lipinski definition) is 0. The highest BCUT2D eigenvalue weighted by Crippen LogP contribution is 2.36. The van der Waals surface area contributed by atoms with Gasteiger partial charge in [0.2, 0.25) is 0 Å². The van der Waals surface area contributed by atoms with Gasteiger partial charge in [-0.3, -0.25) is 0 Å². The van der Waals surface area contributed by atoms with E-state index < -0.39 is 0 Å². The van der Waals surface area contributed by atoms with Crippen LogP contribution in [0.25, 0.3) is 10.9 Å². The summed E-state index contributed by atoms with van der Waals surface area (Å²) in [4.78, 5) is 14.9. The van der Waals surface area contributed by atoms with E-state index in [0.29, 0.717) is 11.5 Å². The third kappa shape index (κ3) is 1.94. The minimum atomic E-state index is -0.239. The number of piperidine rings is 3. The molecule has 1 aromatic carbocycles. The molecule has 3 aliphatic rings. The van der Waals surface area contributed by atoms with Gasteiger partial charge in [-0.2, -0.15) is 0 Å². The Balaban J connectivity index is 1.63. The minimum Gasteiger partial charge on any atom is -0.452 e. The van der Waals surface area contributed by atoms with Crippen LogP contribution in [0.4, 0.5) is 0 Å². The van der Waals surface area contributed by atoms with E-state index in [1.807, 2.05) is 42.1 Å². The second-order valence-electron chi connectivity index (χ2n) is 6.31. The number of fused-ring (bicyclic) bond motifs is 4. The van der Waals surface area contributed by atoms with E-state index in [4.69, 9.17) is 4.74 Å². The fourth-order valence-corrected chi connectivity index (χ4v) is 3.79. The average Bonchev–Trinajstić information content (AvgIpc) is 2.89. The van der Waals surface area contributed by atoms with Crippen LogP contribution in [0.15, 0.2) is 42.7 Å². The van der Waals surface area contributed by atoms with Gasteiger partial charge in [0.25, 0.3) is 0 Å². The molecule has 0 aliphatic carbocycles. The Bertz CT molecular complexity index is 754. The van der Waals surface area contributed by atoms with Crippen molar-refractivity contribution in [3.05, 3.63) is 48.3 Å². The normalized spacial score (nSPS) is 24.0. The zero-order chi connectivity index (χ0) is 15.3. The predicted octanol–water partition coefficient (Wildman–Crippen LogP) is 2.94. The van der Waals surface area contributed by atoms with Crippen LogP contribution >= 0.6 is 0 Å². The molecule has 5 rings (SSSR count). The Morgan fingerprint density at radius 2 is 2.00 bits per heavy atom. The van der Waals surface area contributed by atoms with Crippen LogP contribution in [0.5, 0.6) is 0 Å². The largest absolute Gasteiger partial charge is 0.452 e. The number of para-hydroxylation sites is 1. The van der Waals surface area contributed by atoms with Crippen molar-refractivity contribution in [3.63, 3.8) is 0 Å². The topological polar surface area (TPSA) is 34.5 Å². The number of esters is 1. The second-order valence-corrected chi connectivity index (χ2v) is 6.31. The Morgan fingerprint density at radius 3 is 2.73 bits per heavy atom. The third-order valence-corrected chi connectivity index (χ3v) is 5.05. The minimum absolute atomic E-state index is 0.158. The quantitative estimate of drug-likeness (QED) is 0.799. The van der Waals surface area contributed by atoms with Crippen LogP contribution in [0.1, 0.15) is 23.2 Å². The molecule has 3 saturated heterocycles. The van der Waals surface area contributed by atoms with E-state index in [9.17, 15) is 4.79 Å². The van der Waals surface area contributed by atoms with Gasteiger partial charge in [0.15, 0.2) is 0 Å². The lowest BCUT2D eigenvalue weighted by molar-refractivity contribution is -0.0165. The van der Waals surface area contributed by atoms with E-state index in [2.05, 4.69) is 11.5 Å². The average molecular weight is 296 g/mol. The number of aryl methyl sites for hydroxylation is 1. The van der Waals surface area contributed by atoms with E-state index >= 15 is 0 Å². The molecular weight excluding hydrogens is 276 g/mol. The summed E-state index contributed by atoms with van der Waals surface area (Å²) in [5, 5.41) is 0.946. The summed E-state index contributed by atoms with van der Waals surface area (Å²) < 4.78 is 7.82. The molecule has 0 amide bonds. The van der Waals surface area contributed by atoms with Crippen molar-refractivity contribution in [1.29, 1.82) is 0 Å². The molecule has 114 valence electrons. The van der Waals surface area contributed by atoms with E-state index in [1.165, 1.54) is 0 Å². The van der Waals surface area contributed by atoms with Gasteiger partial charge in [-0.1, -0.05) is 24.8 Å². The molecule has 1 unspecified atom stereocenters. The first kappa shape index (κ1) is 13.4. The molecule has 1 atom stereocenters.